The molecule has 0 radical (unpaired) electrons. The van der Waals surface area contributed by atoms with Gasteiger partial charge in [0.25, 0.3) is 0 Å². The lowest BCUT2D eigenvalue weighted by molar-refractivity contribution is 0.00578. The van der Waals surface area contributed by atoms with E-state index in [-0.39, 0.29) is 30.5 Å². The summed E-state index contributed by atoms with van der Waals surface area (Å²) in [5.74, 6) is 0. The zero-order valence-corrected chi connectivity index (χ0v) is 20.3. The number of carbonyl (C=O) groups is 1. The number of carbonyl (C=O) groups excluding carboxylic acids is 1. The fraction of sp³-hybridized carbons (Fsp3) is 0.708. The minimum absolute atomic E-state index is 0.199. The average molecular weight is 430 g/mol. The van der Waals surface area contributed by atoms with Gasteiger partial charge in [0, 0.05) is 25.7 Å². The number of alkyl carbamates (subject to hydrolysis) is 1. The molecule has 1 N–H and O–H groups in total. The molecule has 7 heteroatoms. The summed E-state index contributed by atoms with van der Waals surface area (Å²) in [4.78, 5) is 14.4. The van der Waals surface area contributed by atoms with E-state index in [0.717, 1.165) is 44.4 Å². The first kappa shape index (κ1) is 24.1. The van der Waals surface area contributed by atoms with Crippen molar-refractivity contribution in [3.63, 3.8) is 0 Å². The topological polar surface area (TPSA) is 60.0 Å². The number of piperidine rings is 1. The highest BCUT2D eigenvalue weighted by atomic mass is 16.7. The van der Waals surface area contributed by atoms with Crippen LogP contribution in [0.2, 0.25) is 0 Å². The van der Waals surface area contributed by atoms with E-state index in [2.05, 4.69) is 62.2 Å². The van der Waals surface area contributed by atoms with E-state index in [9.17, 15) is 4.79 Å². The maximum Gasteiger partial charge on any atom is 0.494 e. The summed E-state index contributed by atoms with van der Waals surface area (Å²) in [5, 5.41) is 3.00. The number of rotatable bonds is 5. The molecule has 1 amide bonds. The van der Waals surface area contributed by atoms with Gasteiger partial charge in [0.2, 0.25) is 0 Å². The molecule has 0 spiro atoms. The Morgan fingerprint density at radius 1 is 1.10 bits per heavy atom. The molecule has 0 atom stereocenters. The first-order valence-corrected chi connectivity index (χ1v) is 11.5. The zero-order valence-electron chi connectivity index (χ0n) is 20.3. The third-order valence-electron chi connectivity index (χ3n) is 6.53. The minimum Gasteiger partial charge on any atom is -0.444 e. The third kappa shape index (κ3) is 6.47. The summed E-state index contributed by atoms with van der Waals surface area (Å²) in [6.45, 7) is 17.0. The van der Waals surface area contributed by atoms with E-state index in [0.29, 0.717) is 0 Å². The lowest BCUT2D eigenvalue weighted by atomic mass is 9.79. The first-order valence-electron chi connectivity index (χ1n) is 11.5. The fourth-order valence-corrected chi connectivity index (χ4v) is 3.88. The van der Waals surface area contributed by atoms with Gasteiger partial charge in [-0.2, -0.15) is 0 Å². The van der Waals surface area contributed by atoms with Crippen molar-refractivity contribution in [1.82, 2.24) is 10.2 Å². The fourth-order valence-electron chi connectivity index (χ4n) is 3.88. The largest absolute Gasteiger partial charge is 0.494 e. The average Bonchev–Trinajstić information content (AvgIpc) is 2.87. The van der Waals surface area contributed by atoms with Crippen LogP contribution >= 0.6 is 0 Å². The monoisotopic (exact) mass is 430 g/mol. The molecule has 2 fully saturated rings. The van der Waals surface area contributed by atoms with Gasteiger partial charge in [-0.25, -0.2) is 4.79 Å². The van der Waals surface area contributed by atoms with Crippen molar-refractivity contribution in [2.75, 3.05) is 19.6 Å². The lowest BCUT2D eigenvalue weighted by Gasteiger charge is -2.32. The molecule has 1 aromatic rings. The van der Waals surface area contributed by atoms with Crippen molar-refractivity contribution in [2.45, 2.75) is 90.6 Å². The van der Waals surface area contributed by atoms with Crippen LogP contribution < -0.4 is 10.8 Å². The molecule has 0 aliphatic carbocycles. The molecule has 3 rings (SSSR count). The van der Waals surface area contributed by atoms with E-state index in [1.54, 1.807) is 0 Å². The second kappa shape index (κ2) is 9.12. The minimum atomic E-state index is -0.456. The van der Waals surface area contributed by atoms with Crippen LogP contribution in [0.4, 0.5) is 4.79 Å². The number of hydrogen-bond donors (Lipinski definition) is 1. The summed E-state index contributed by atoms with van der Waals surface area (Å²) in [7, 11) is -0.310. The highest BCUT2D eigenvalue weighted by Crippen LogP contribution is 2.36. The maximum atomic E-state index is 11.9. The Bertz CT molecular complexity index is 734. The SMILES string of the molecule is CC(C)(C)OC(=O)NC1CCN(CCc2ccc(B3OC(C)(C)C(C)(C)O3)cc2)CC1. The number of nitrogens with zero attached hydrogens (tertiary/aromatic N) is 1. The van der Waals surface area contributed by atoms with Crippen molar-refractivity contribution < 1.29 is 18.8 Å². The normalized spacial score (nSPS) is 21.8. The van der Waals surface area contributed by atoms with Crippen LogP contribution in [-0.2, 0) is 20.5 Å². The van der Waals surface area contributed by atoms with Crippen LogP contribution in [0.3, 0.4) is 0 Å². The van der Waals surface area contributed by atoms with Crippen molar-refractivity contribution in [1.29, 1.82) is 0 Å². The highest BCUT2D eigenvalue weighted by Gasteiger charge is 2.51. The van der Waals surface area contributed by atoms with Gasteiger partial charge < -0.3 is 24.3 Å². The van der Waals surface area contributed by atoms with Gasteiger partial charge >= 0.3 is 13.2 Å². The summed E-state index contributed by atoms with van der Waals surface area (Å²) in [5.41, 5.74) is 1.29. The first-order chi connectivity index (χ1) is 14.3. The van der Waals surface area contributed by atoms with E-state index in [1.807, 2.05) is 20.8 Å². The van der Waals surface area contributed by atoms with Crippen LogP contribution in [0.25, 0.3) is 0 Å². The zero-order chi connectivity index (χ0) is 22.9. The van der Waals surface area contributed by atoms with Crippen molar-refractivity contribution in [3.8, 4) is 0 Å². The summed E-state index contributed by atoms with van der Waals surface area (Å²) < 4.78 is 17.6. The summed E-state index contributed by atoms with van der Waals surface area (Å²) in [6.07, 6.45) is 2.61. The molecule has 0 saturated carbocycles. The molecular weight excluding hydrogens is 391 g/mol. The van der Waals surface area contributed by atoms with E-state index in [1.165, 1.54) is 5.56 Å². The Balaban J connectivity index is 1.41. The molecule has 2 aliphatic rings. The summed E-state index contributed by atoms with van der Waals surface area (Å²) in [6, 6.07) is 8.79. The molecule has 2 aliphatic heterocycles. The Labute approximate surface area is 188 Å². The second-order valence-electron chi connectivity index (χ2n) is 10.8. The van der Waals surface area contributed by atoms with Crippen molar-refractivity contribution in [3.05, 3.63) is 29.8 Å². The van der Waals surface area contributed by atoms with Crippen molar-refractivity contribution in [2.24, 2.45) is 0 Å². The second-order valence-corrected chi connectivity index (χ2v) is 10.8. The predicted octanol–water partition coefficient (Wildman–Crippen LogP) is 3.52. The molecule has 0 aromatic heterocycles. The number of benzene rings is 1. The summed E-state index contributed by atoms with van der Waals surface area (Å²) >= 11 is 0. The number of ether oxygens (including phenoxy) is 1. The van der Waals surface area contributed by atoms with E-state index < -0.39 is 5.60 Å². The molecule has 31 heavy (non-hydrogen) atoms. The van der Waals surface area contributed by atoms with Gasteiger partial charge in [-0.15, -0.1) is 0 Å². The number of likely N-dealkylation sites (tertiary alicyclic amines) is 1. The van der Waals surface area contributed by atoms with Gasteiger partial charge in [-0.3, -0.25) is 0 Å². The Morgan fingerprint density at radius 3 is 2.16 bits per heavy atom. The highest BCUT2D eigenvalue weighted by molar-refractivity contribution is 6.62. The third-order valence-corrected chi connectivity index (χ3v) is 6.53. The quantitative estimate of drug-likeness (QED) is 0.725. The van der Waals surface area contributed by atoms with Gasteiger partial charge in [-0.05, 0) is 78.8 Å². The molecule has 172 valence electrons. The molecular formula is C24H39BN2O4. The predicted molar refractivity (Wildman–Crippen MR) is 125 cm³/mol. The number of nitrogens with one attached hydrogen (secondary N) is 1. The molecule has 0 bridgehead atoms. The van der Waals surface area contributed by atoms with E-state index >= 15 is 0 Å². The van der Waals surface area contributed by atoms with Crippen LogP contribution in [0.1, 0.15) is 66.9 Å². The van der Waals surface area contributed by atoms with Gasteiger partial charge in [0.15, 0.2) is 0 Å². The molecule has 0 unspecified atom stereocenters. The van der Waals surface area contributed by atoms with Gasteiger partial charge in [0.05, 0.1) is 11.2 Å². The lowest BCUT2D eigenvalue weighted by Crippen LogP contribution is -2.46. The van der Waals surface area contributed by atoms with E-state index in [4.69, 9.17) is 14.0 Å². The van der Waals surface area contributed by atoms with Crippen LogP contribution in [0.15, 0.2) is 24.3 Å². The standard InChI is InChI=1S/C24H39BN2O4/c1-22(2,3)29-21(28)26-20-13-16-27(17-14-20)15-12-18-8-10-19(11-9-18)25-30-23(4,5)24(6,7)31-25/h8-11,20H,12-17H2,1-7H3,(H,26,28). The van der Waals surface area contributed by atoms with Gasteiger partial charge in [0.1, 0.15) is 5.60 Å². The maximum absolute atomic E-state index is 11.9. The van der Waals surface area contributed by atoms with Crippen LogP contribution in [-0.4, -0.2) is 60.6 Å². The van der Waals surface area contributed by atoms with Crippen molar-refractivity contribution >= 4 is 18.7 Å². The van der Waals surface area contributed by atoms with Gasteiger partial charge in [-0.1, -0.05) is 24.3 Å². The number of hydrogen-bond acceptors (Lipinski definition) is 5. The Hall–Kier alpha value is -1.57. The molecule has 2 saturated heterocycles. The molecule has 2 heterocycles. The van der Waals surface area contributed by atoms with Crippen LogP contribution in [0.5, 0.6) is 0 Å². The smallest absolute Gasteiger partial charge is 0.444 e. The number of amides is 1. The molecule has 1 aromatic carbocycles. The van der Waals surface area contributed by atoms with Crippen LogP contribution in [0, 0.1) is 0 Å². The Morgan fingerprint density at radius 2 is 1.65 bits per heavy atom. The Kier molecular flexibility index (Phi) is 7.09. The molecule has 6 nitrogen and oxygen atoms in total.